The average Bonchev–Trinajstić information content (AvgIpc) is 3.70. The number of hydrogen-bond donors (Lipinski definition) is 0. The zero-order valence-electron chi connectivity index (χ0n) is 41.6. The maximum Gasteiger partial charge on any atom is 0.139 e. The van der Waals surface area contributed by atoms with E-state index in [2.05, 4.69) is 230 Å². The number of nitrogens with zero attached hydrogens (tertiary/aromatic N) is 2. The van der Waals surface area contributed by atoms with Crippen molar-refractivity contribution >= 4 is 110 Å². The lowest BCUT2D eigenvalue weighted by molar-refractivity contribution is 0.568. The van der Waals surface area contributed by atoms with Crippen molar-refractivity contribution in [1.82, 2.24) is 9.13 Å². The zero-order valence-corrected chi connectivity index (χ0v) is 41.6. The Morgan fingerprint density at radius 3 is 1.47 bits per heavy atom. The first-order chi connectivity index (χ1) is 28.7. The molecule has 7 heteroatoms. The molecule has 2 aromatic heterocycles. The number of aromatic nitrogens is 2. The van der Waals surface area contributed by atoms with Gasteiger partial charge in [0.25, 0.3) is 0 Å². The van der Waals surface area contributed by atoms with Crippen molar-refractivity contribution in [3.05, 3.63) is 113 Å². The van der Waals surface area contributed by atoms with Gasteiger partial charge in [-0.1, -0.05) is 138 Å². The summed E-state index contributed by atoms with van der Waals surface area (Å²) in [6, 6.07) is 33.8. The number of fused-ring (bicyclic) bond motifs is 6. The van der Waals surface area contributed by atoms with Gasteiger partial charge in [0, 0.05) is 27.2 Å². The van der Waals surface area contributed by atoms with Crippen LogP contribution in [0.4, 0.5) is 0 Å². The fraction of sp³-hybridized carbons (Fsp3) is 0.345. The summed E-state index contributed by atoms with van der Waals surface area (Å²) in [5.41, 5.74) is 23.7. The molecule has 0 aliphatic carbocycles. The van der Waals surface area contributed by atoms with Crippen LogP contribution in [0.3, 0.4) is 0 Å². The van der Waals surface area contributed by atoms with E-state index in [0.29, 0.717) is 5.92 Å². The minimum Gasteiger partial charge on any atom is -0.309 e. The van der Waals surface area contributed by atoms with E-state index in [9.17, 15) is 0 Å². The molecule has 0 bridgehead atoms. The van der Waals surface area contributed by atoms with Gasteiger partial charge in [-0.3, -0.25) is 0 Å². The molecule has 0 fully saturated rings. The van der Waals surface area contributed by atoms with Crippen LogP contribution in [0.15, 0.2) is 84.9 Å². The zero-order chi connectivity index (χ0) is 45.3. The Hall–Kier alpha value is -4.76. The van der Waals surface area contributed by atoms with E-state index in [4.69, 9.17) is 0 Å². The first-order valence-electron chi connectivity index (χ1n) is 23.1. The number of benzene rings is 6. The number of hydrogen-bond acceptors (Lipinski definition) is 0. The molecule has 2 nitrogen and oxygen atoms in total. The molecule has 2 heterocycles. The van der Waals surface area contributed by atoms with Gasteiger partial charge < -0.3 is 9.13 Å². The van der Waals surface area contributed by atoms with Crippen molar-refractivity contribution in [1.29, 1.82) is 0 Å². The maximum absolute atomic E-state index is 2.60. The third-order valence-electron chi connectivity index (χ3n) is 14.4. The highest BCUT2D eigenvalue weighted by Gasteiger charge is 2.31. The van der Waals surface area contributed by atoms with Crippen LogP contribution in [0, 0.1) is 0 Å². The van der Waals surface area contributed by atoms with E-state index in [0.717, 1.165) is 0 Å². The lowest BCUT2D eigenvalue weighted by Crippen LogP contribution is -2.55. The van der Waals surface area contributed by atoms with Crippen LogP contribution >= 0.6 is 0 Å². The highest BCUT2D eigenvalue weighted by molar-refractivity contribution is 6.69. The Kier molecular flexibility index (Phi) is 10.4. The summed E-state index contributed by atoms with van der Waals surface area (Å²) in [7, 11) is 11.6. The lowest BCUT2D eigenvalue weighted by Gasteiger charge is -2.27. The predicted octanol–water partition coefficient (Wildman–Crippen LogP) is 7.15. The molecule has 62 heavy (non-hydrogen) atoms. The van der Waals surface area contributed by atoms with Crippen LogP contribution in [0.25, 0.3) is 66.1 Å². The fourth-order valence-corrected chi connectivity index (χ4v) is 10.2. The molecule has 0 spiro atoms. The summed E-state index contributed by atoms with van der Waals surface area (Å²) < 4.78 is 5.20. The molecular weight excluding hydrogens is 743 g/mol. The van der Waals surface area contributed by atoms with E-state index in [1.807, 2.05) is 0 Å². The highest BCUT2D eigenvalue weighted by Crippen LogP contribution is 2.47. The van der Waals surface area contributed by atoms with Crippen molar-refractivity contribution in [2.45, 2.75) is 125 Å². The van der Waals surface area contributed by atoms with Crippen LogP contribution < -0.4 is 27.3 Å². The van der Waals surface area contributed by atoms with Gasteiger partial charge in [0.15, 0.2) is 0 Å². The molecular formula is C55H67B5N2. The first kappa shape index (κ1) is 43.9. The van der Waals surface area contributed by atoms with E-state index >= 15 is 0 Å². The molecule has 0 radical (unpaired) electrons. The topological polar surface area (TPSA) is 9.86 Å². The van der Waals surface area contributed by atoms with Crippen molar-refractivity contribution in [2.24, 2.45) is 0 Å². The summed E-state index contributed by atoms with van der Waals surface area (Å²) in [6.07, 6.45) is 0. The maximum atomic E-state index is 2.60. The van der Waals surface area contributed by atoms with Gasteiger partial charge in [0.1, 0.15) is 39.2 Å². The van der Waals surface area contributed by atoms with Gasteiger partial charge in [0.05, 0.1) is 27.8 Å². The Bertz CT molecular complexity index is 3070. The Morgan fingerprint density at radius 1 is 0.435 bits per heavy atom. The second kappa shape index (κ2) is 14.7. The Balaban J connectivity index is 1.63. The number of rotatable bonds is 4. The molecule has 0 N–H and O–H groups in total. The molecule has 312 valence electrons. The first-order valence-corrected chi connectivity index (χ1v) is 23.1. The third kappa shape index (κ3) is 7.01. The van der Waals surface area contributed by atoms with Gasteiger partial charge in [-0.15, -0.1) is 16.4 Å². The summed E-state index contributed by atoms with van der Waals surface area (Å²) in [5.74, 6) is 0.436. The molecule has 6 aromatic carbocycles. The average molecular weight is 810 g/mol. The van der Waals surface area contributed by atoms with Gasteiger partial charge in [-0.05, 0) is 121 Å². The second-order valence-electron chi connectivity index (χ2n) is 23.2. The van der Waals surface area contributed by atoms with Gasteiger partial charge in [-0.2, -0.15) is 0 Å². The molecule has 0 atom stereocenters. The van der Waals surface area contributed by atoms with E-state index in [-0.39, 0.29) is 21.7 Å². The third-order valence-corrected chi connectivity index (χ3v) is 14.4. The quantitative estimate of drug-likeness (QED) is 0.167. The molecule has 0 aliphatic heterocycles. The lowest BCUT2D eigenvalue weighted by atomic mass is 9.59. The minimum atomic E-state index is -0.222. The smallest absolute Gasteiger partial charge is 0.139 e. The van der Waals surface area contributed by atoms with Crippen molar-refractivity contribution < 1.29 is 0 Å². The van der Waals surface area contributed by atoms with Crippen molar-refractivity contribution in [3.8, 4) is 22.5 Å². The molecule has 0 saturated carbocycles. The van der Waals surface area contributed by atoms with Crippen molar-refractivity contribution in [3.63, 3.8) is 0 Å². The Morgan fingerprint density at radius 2 is 0.935 bits per heavy atom. The Labute approximate surface area is 377 Å². The predicted molar refractivity (Wildman–Crippen MR) is 290 cm³/mol. The monoisotopic (exact) mass is 811 g/mol. The van der Waals surface area contributed by atoms with Crippen LogP contribution in [-0.4, -0.2) is 48.4 Å². The fourth-order valence-electron chi connectivity index (χ4n) is 10.2. The molecule has 0 aliphatic rings. The standard InChI is InChI=1S/C55H67B5N2/c1-29(2)30-18-20-38-36(24-30)37-28-31(52(3,4)5)19-21-39(37)62(38)42-23-22-41-45(46(42)55(12,13)14)43-35(44-47(56)49(58)51(60)50(59)48(44)57)16-15-17-40(43)61(41)34-26-32(53(6,7)8)25-33(27-34)54(9,10)11/h15-29H,56-60H2,1-14H3. The van der Waals surface area contributed by atoms with E-state index < -0.39 is 0 Å². The summed E-state index contributed by atoms with van der Waals surface area (Å²) >= 11 is 0. The minimum absolute atomic E-state index is 0.0202. The molecule has 8 rings (SSSR count). The van der Waals surface area contributed by atoms with E-state index in [1.165, 1.54) is 121 Å². The van der Waals surface area contributed by atoms with Gasteiger partial charge in [-0.25, -0.2) is 0 Å². The van der Waals surface area contributed by atoms with Crippen LogP contribution in [0.5, 0.6) is 0 Å². The van der Waals surface area contributed by atoms with Crippen LogP contribution in [0.2, 0.25) is 0 Å². The molecule has 8 aromatic rings. The highest BCUT2D eigenvalue weighted by atomic mass is 15.0. The van der Waals surface area contributed by atoms with Crippen LogP contribution in [-0.2, 0) is 21.7 Å². The second-order valence-corrected chi connectivity index (χ2v) is 23.2. The molecule has 0 amide bonds. The summed E-state index contributed by atoms with van der Waals surface area (Å²) in [4.78, 5) is 0. The van der Waals surface area contributed by atoms with E-state index in [1.54, 1.807) is 0 Å². The molecule has 0 unspecified atom stereocenters. The SMILES string of the molecule is Bc1c(B)c(B)c(-c2cccc3c2c2c(C(C)(C)C)c(-n4c5ccc(C(C)C)cc5c5cc(C(C)(C)C)ccc54)ccc2n3-c2cc(C(C)(C)C)cc(C(C)(C)C)c2)c(B)c1B. The van der Waals surface area contributed by atoms with Gasteiger partial charge in [0.2, 0.25) is 0 Å². The summed E-state index contributed by atoms with van der Waals surface area (Å²) in [6.45, 7) is 33.0. The summed E-state index contributed by atoms with van der Waals surface area (Å²) in [5, 5.41) is 5.32. The molecule has 0 saturated heterocycles. The van der Waals surface area contributed by atoms with Gasteiger partial charge >= 0.3 is 0 Å². The normalized spacial score (nSPS) is 13.1. The largest absolute Gasteiger partial charge is 0.309 e. The van der Waals surface area contributed by atoms with Crippen molar-refractivity contribution in [2.75, 3.05) is 0 Å². The van der Waals surface area contributed by atoms with Crippen LogP contribution in [0.1, 0.15) is 131 Å².